The van der Waals surface area contributed by atoms with Crippen molar-refractivity contribution in [1.82, 2.24) is 5.32 Å². The van der Waals surface area contributed by atoms with Gasteiger partial charge in [0.2, 0.25) is 0 Å². The van der Waals surface area contributed by atoms with Gasteiger partial charge >= 0.3 is 0 Å². The van der Waals surface area contributed by atoms with Crippen LogP contribution in [0.1, 0.15) is 66.2 Å². The van der Waals surface area contributed by atoms with Crippen molar-refractivity contribution in [2.45, 2.75) is 66.2 Å². The maximum atomic E-state index is 10.6. The maximum Gasteiger partial charge on any atom is 0.139 e. The van der Waals surface area contributed by atoms with E-state index in [1.54, 1.807) is 6.08 Å². The van der Waals surface area contributed by atoms with Crippen LogP contribution in [-0.4, -0.2) is 22.2 Å². The van der Waals surface area contributed by atoms with Crippen LogP contribution in [0, 0.1) is 0 Å². The summed E-state index contributed by atoms with van der Waals surface area (Å²) in [6, 6.07) is 0. The lowest BCUT2D eigenvalue weighted by Crippen LogP contribution is -2.17. The molecule has 2 N–H and O–H groups in total. The normalized spacial score (nSPS) is 23.2. The lowest BCUT2D eigenvalue weighted by molar-refractivity contribution is 0.421. The molecule has 5 heterocycles. The van der Waals surface area contributed by atoms with Gasteiger partial charge in [-0.3, -0.25) is 0 Å². The van der Waals surface area contributed by atoms with Crippen LogP contribution in [-0.2, 0) is 0 Å². The number of fused-ring (bicyclic) bond motifs is 7. The number of aliphatic hydroxyl groups is 1. The summed E-state index contributed by atoms with van der Waals surface area (Å²) in [6.07, 6.45) is 18.4. The van der Waals surface area contributed by atoms with E-state index in [1.807, 2.05) is 12.2 Å². The Morgan fingerprint density at radius 3 is 2.19 bits per heavy atom. The van der Waals surface area contributed by atoms with Crippen LogP contribution in [0.5, 0.6) is 0 Å². The highest BCUT2D eigenvalue weighted by Gasteiger charge is 2.29. The topological polar surface area (TPSA) is 69.3 Å². The van der Waals surface area contributed by atoms with Gasteiger partial charge < -0.3 is 10.4 Å². The minimum atomic E-state index is 0.200. The molecule has 0 saturated heterocycles. The molecule has 6 aliphatic rings. The van der Waals surface area contributed by atoms with E-state index in [-0.39, 0.29) is 5.76 Å². The summed E-state index contributed by atoms with van der Waals surface area (Å²) in [6.45, 7) is 8.63. The molecule has 5 aliphatic heterocycles. The third-order valence-electron chi connectivity index (χ3n) is 7.90. The highest BCUT2D eigenvalue weighted by atomic mass is 16.3. The highest BCUT2D eigenvalue weighted by Crippen LogP contribution is 2.40. The number of hydrogen-bond acceptors (Lipinski definition) is 5. The fourth-order valence-corrected chi connectivity index (χ4v) is 5.90. The molecule has 0 saturated carbocycles. The molecule has 5 nitrogen and oxygen atoms in total. The van der Waals surface area contributed by atoms with Crippen LogP contribution < -0.4 is 5.32 Å². The fourth-order valence-electron chi connectivity index (χ4n) is 5.90. The number of nitrogens with one attached hydrogen (secondary N) is 1. The first-order valence-electron chi connectivity index (χ1n) is 13.1. The molecule has 36 heavy (non-hydrogen) atoms. The number of rotatable bonds is 2. The number of aliphatic imine (C=N–C) groups is 3. The predicted octanol–water partition coefficient (Wildman–Crippen LogP) is 7.15. The van der Waals surface area contributed by atoms with Gasteiger partial charge in [-0.2, -0.15) is 0 Å². The smallest absolute Gasteiger partial charge is 0.139 e. The summed E-state index contributed by atoms with van der Waals surface area (Å²) in [5, 5.41) is 14.0. The molecule has 0 amide bonds. The van der Waals surface area contributed by atoms with Gasteiger partial charge in [0.1, 0.15) is 5.76 Å². The van der Waals surface area contributed by atoms with Crippen LogP contribution in [0.2, 0.25) is 0 Å². The Bertz CT molecular complexity index is 1470. The second-order valence-corrected chi connectivity index (χ2v) is 10.0. The van der Waals surface area contributed by atoms with E-state index < -0.39 is 0 Å². The molecule has 182 valence electrons. The van der Waals surface area contributed by atoms with Crippen molar-refractivity contribution in [3.63, 3.8) is 0 Å². The lowest BCUT2D eigenvalue weighted by atomic mass is 9.88. The van der Waals surface area contributed by atoms with Gasteiger partial charge in [-0.25, -0.2) is 15.0 Å². The van der Waals surface area contributed by atoms with Crippen molar-refractivity contribution >= 4 is 17.1 Å². The molecule has 0 spiro atoms. The Balaban J connectivity index is 1.60. The summed E-state index contributed by atoms with van der Waals surface area (Å²) < 4.78 is 0. The second-order valence-electron chi connectivity index (χ2n) is 10.0. The molecule has 0 aromatic carbocycles. The molecule has 0 aromatic heterocycles. The first-order chi connectivity index (χ1) is 17.5. The van der Waals surface area contributed by atoms with Gasteiger partial charge in [-0.05, 0) is 122 Å². The third kappa shape index (κ3) is 3.65. The Kier molecular flexibility index (Phi) is 5.51. The number of nitrogens with zero attached hydrogens (tertiary/aromatic N) is 3. The van der Waals surface area contributed by atoms with E-state index in [2.05, 4.69) is 51.2 Å². The van der Waals surface area contributed by atoms with E-state index in [0.29, 0.717) is 5.70 Å². The monoisotopic (exact) mass is 476 g/mol. The van der Waals surface area contributed by atoms with E-state index in [1.165, 1.54) is 40.7 Å². The van der Waals surface area contributed by atoms with E-state index in [4.69, 9.17) is 15.0 Å². The lowest BCUT2D eigenvalue weighted by Gasteiger charge is -2.15. The summed E-state index contributed by atoms with van der Waals surface area (Å²) in [5.74, 6) is 0.200. The SMILES string of the molecule is CCC1=C(C)C2=NC1=CC1=NC(=CC3=NC(=CC4=C(O)C=CC(=C2)N4)C(C)=C3CC)C2=C1CCCC2. The van der Waals surface area contributed by atoms with Gasteiger partial charge in [0.15, 0.2) is 0 Å². The highest BCUT2D eigenvalue weighted by molar-refractivity contribution is 6.18. The molecule has 6 rings (SSSR count). The van der Waals surface area contributed by atoms with Crippen molar-refractivity contribution in [2.24, 2.45) is 15.0 Å². The molecule has 0 fully saturated rings. The van der Waals surface area contributed by atoms with E-state index in [9.17, 15) is 5.11 Å². The largest absolute Gasteiger partial charge is 0.506 e. The van der Waals surface area contributed by atoms with Crippen LogP contribution in [0.25, 0.3) is 0 Å². The first-order valence-corrected chi connectivity index (χ1v) is 13.1. The molecule has 0 unspecified atom stereocenters. The number of allylic oxidation sites excluding steroid dienone is 12. The molecular formula is C31H32N4O. The van der Waals surface area contributed by atoms with Crippen LogP contribution in [0.3, 0.4) is 0 Å². The van der Waals surface area contributed by atoms with Crippen molar-refractivity contribution in [3.05, 3.63) is 104 Å². The van der Waals surface area contributed by atoms with Gasteiger partial charge in [-0.1, -0.05) is 13.8 Å². The quantitative estimate of drug-likeness (QED) is 0.444. The minimum Gasteiger partial charge on any atom is -0.506 e. The van der Waals surface area contributed by atoms with Crippen LogP contribution in [0.15, 0.2) is 119 Å². The molecule has 0 aromatic rings. The third-order valence-corrected chi connectivity index (χ3v) is 7.90. The van der Waals surface area contributed by atoms with E-state index >= 15 is 0 Å². The average molecular weight is 477 g/mol. The van der Waals surface area contributed by atoms with Gasteiger partial charge in [0.05, 0.1) is 39.9 Å². The van der Waals surface area contributed by atoms with Crippen LogP contribution in [0.4, 0.5) is 0 Å². The first kappa shape index (κ1) is 22.7. The van der Waals surface area contributed by atoms with Gasteiger partial charge in [0.25, 0.3) is 0 Å². The zero-order valence-electron chi connectivity index (χ0n) is 21.5. The Labute approximate surface area is 212 Å². The standard InChI is InChI=1S/C31H32N4O/c1-5-20-17(3)24-13-19-11-12-31(36)30(32-19)14-25-18(4)21(6-2)27(34-25)16-29-23-10-8-7-9-22(23)28(35-29)15-26(20)33-24/h11-16,32,36H,5-10H2,1-4H3. The molecule has 0 atom stereocenters. The summed E-state index contributed by atoms with van der Waals surface area (Å²) in [4.78, 5) is 15.3. The summed E-state index contributed by atoms with van der Waals surface area (Å²) in [7, 11) is 0. The molecule has 8 bridgehead atoms. The van der Waals surface area contributed by atoms with Gasteiger partial charge in [0, 0.05) is 5.70 Å². The minimum absolute atomic E-state index is 0.200. The summed E-state index contributed by atoms with van der Waals surface area (Å²) in [5.41, 5.74) is 15.0. The van der Waals surface area contributed by atoms with Crippen molar-refractivity contribution < 1.29 is 5.11 Å². The number of aliphatic hydroxyl groups excluding tert-OH is 1. The molecule has 0 radical (unpaired) electrons. The Morgan fingerprint density at radius 2 is 1.42 bits per heavy atom. The molecular weight excluding hydrogens is 444 g/mol. The van der Waals surface area contributed by atoms with Crippen molar-refractivity contribution in [3.8, 4) is 0 Å². The van der Waals surface area contributed by atoms with Crippen molar-refractivity contribution in [2.75, 3.05) is 0 Å². The van der Waals surface area contributed by atoms with Crippen LogP contribution >= 0.6 is 0 Å². The maximum absolute atomic E-state index is 10.6. The second kappa shape index (κ2) is 8.74. The number of hydrogen-bond donors (Lipinski definition) is 2. The molecule has 5 heteroatoms. The molecule has 1 aliphatic carbocycles. The zero-order valence-corrected chi connectivity index (χ0v) is 21.5. The predicted molar refractivity (Wildman–Crippen MR) is 148 cm³/mol. The Morgan fingerprint density at radius 1 is 0.722 bits per heavy atom. The number of dihydropyridines is 1. The fraction of sp³-hybridized carbons (Fsp3) is 0.323. The zero-order chi connectivity index (χ0) is 25.0. The summed E-state index contributed by atoms with van der Waals surface area (Å²) >= 11 is 0. The van der Waals surface area contributed by atoms with E-state index in [0.717, 1.165) is 71.2 Å². The average Bonchev–Trinajstić information content (AvgIpc) is 3.47. The van der Waals surface area contributed by atoms with Crippen molar-refractivity contribution in [1.29, 1.82) is 0 Å². The van der Waals surface area contributed by atoms with Gasteiger partial charge in [-0.15, -0.1) is 0 Å². The Hall–Kier alpha value is -3.73.